The van der Waals surface area contributed by atoms with Crippen molar-refractivity contribution in [1.82, 2.24) is 15.5 Å². The Morgan fingerprint density at radius 1 is 1.48 bits per heavy atom. The molecule has 2 N–H and O–H groups in total. The Morgan fingerprint density at radius 2 is 2.24 bits per heavy atom. The van der Waals surface area contributed by atoms with Crippen LogP contribution < -0.4 is 10.6 Å². The van der Waals surface area contributed by atoms with Gasteiger partial charge in [0, 0.05) is 37.2 Å². The summed E-state index contributed by atoms with van der Waals surface area (Å²) in [5.74, 6) is 0.107. The van der Waals surface area contributed by atoms with Gasteiger partial charge >= 0.3 is 0 Å². The fourth-order valence-corrected chi connectivity index (χ4v) is 3.13. The summed E-state index contributed by atoms with van der Waals surface area (Å²) in [6, 6.07) is 8.53. The second-order valence-electron chi connectivity index (χ2n) is 5.86. The predicted octanol–water partition coefficient (Wildman–Crippen LogP) is 2.03. The third-order valence-electron chi connectivity index (χ3n) is 4.04. The van der Waals surface area contributed by atoms with E-state index in [1.807, 2.05) is 18.2 Å². The lowest BCUT2D eigenvalue weighted by Crippen LogP contribution is -2.45. The van der Waals surface area contributed by atoms with Crippen LogP contribution in [-0.2, 0) is 11.3 Å². The maximum absolute atomic E-state index is 12.0. The third-order valence-corrected chi connectivity index (χ3v) is 4.27. The molecule has 0 spiro atoms. The van der Waals surface area contributed by atoms with E-state index in [4.69, 9.17) is 11.6 Å². The average molecular weight is 310 g/mol. The molecule has 1 aliphatic heterocycles. The number of carbonyl (C=O) groups excluding carboxylic acids is 1. The van der Waals surface area contributed by atoms with Crippen molar-refractivity contribution >= 4 is 17.5 Å². The molecule has 116 valence electrons. The van der Waals surface area contributed by atoms with Crippen LogP contribution in [0.5, 0.6) is 0 Å². The monoisotopic (exact) mass is 309 g/mol. The molecule has 0 radical (unpaired) electrons. The molecule has 0 bridgehead atoms. The first kappa shape index (κ1) is 16.3. The van der Waals surface area contributed by atoms with Crippen LogP contribution in [0.1, 0.15) is 25.8 Å². The molecular formula is C16H24ClN3O. The largest absolute Gasteiger partial charge is 0.358 e. The number of carbonyl (C=O) groups is 1. The van der Waals surface area contributed by atoms with Gasteiger partial charge in [-0.25, -0.2) is 0 Å². The summed E-state index contributed by atoms with van der Waals surface area (Å²) in [6.07, 6.45) is 0.846. The summed E-state index contributed by atoms with van der Waals surface area (Å²) in [7, 11) is 1.70. The molecule has 4 nitrogen and oxygen atoms in total. The normalized spacial score (nSPS) is 22.7. The van der Waals surface area contributed by atoms with Gasteiger partial charge in [0.2, 0.25) is 5.91 Å². The zero-order valence-corrected chi connectivity index (χ0v) is 13.7. The van der Waals surface area contributed by atoms with Crippen LogP contribution in [0.3, 0.4) is 0 Å². The number of nitrogens with one attached hydrogen (secondary N) is 2. The molecule has 1 heterocycles. The summed E-state index contributed by atoms with van der Waals surface area (Å²) in [5, 5.41) is 7.06. The number of benzene rings is 1. The molecule has 5 heteroatoms. The number of rotatable bonds is 5. The first-order valence-corrected chi connectivity index (χ1v) is 7.84. The summed E-state index contributed by atoms with van der Waals surface area (Å²) in [6.45, 7) is 5.94. The molecule has 1 fully saturated rings. The molecule has 1 saturated heterocycles. The van der Waals surface area contributed by atoms with Gasteiger partial charge in [-0.15, -0.1) is 0 Å². The lowest BCUT2D eigenvalue weighted by molar-refractivity contribution is -0.125. The summed E-state index contributed by atoms with van der Waals surface area (Å²) in [4.78, 5) is 14.3. The number of likely N-dealkylation sites (N-methyl/N-ethyl adjacent to an activating group) is 1. The number of amides is 1. The van der Waals surface area contributed by atoms with Crippen LogP contribution in [0.2, 0.25) is 5.02 Å². The Balaban J connectivity index is 1.94. The molecule has 0 aromatic heterocycles. The highest BCUT2D eigenvalue weighted by molar-refractivity contribution is 6.30. The van der Waals surface area contributed by atoms with E-state index >= 15 is 0 Å². The Hall–Kier alpha value is -1.10. The molecule has 1 aromatic rings. The average Bonchev–Trinajstić information content (AvgIpc) is 2.89. The van der Waals surface area contributed by atoms with Gasteiger partial charge in [-0.2, -0.15) is 0 Å². The number of hydrogen-bond donors (Lipinski definition) is 2. The van der Waals surface area contributed by atoms with E-state index in [0.717, 1.165) is 24.5 Å². The van der Waals surface area contributed by atoms with Crippen molar-refractivity contribution in [3.05, 3.63) is 34.9 Å². The molecule has 2 rings (SSSR count). The third kappa shape index (κ3) is 4.19. The number of nitrogens with zero attached hydrogens (tertiary/aromatic N) is 1. The highest BCUT2D eigenvalue weighted by atomic mass is 35.5. The van der Waals surface area contributed by atoms with Crippen molar-refractivity contribution in [2.75, 3.05) is 13.6 Å². The van der Waals surface area contributed by atoms with Crippen LogP contribution in [0.15, 0.2) is 24.3 Å². The zero-order chi connectivity index (χ0) is 15.4. The van der Waals surface area contributed by atoms with Gasteiger partial charge in [0.1, 0.15) is 0 Å². The van der Waals surface area contributed by atoms with Crippen LogP contribution in [0.25, 0.3) is 0 Å². The van der Waals surface area contributed by atoms with Crippen LogP contribution in [-0.4, -0.2) is 42.5 Å². The van der Waals surface area contributed by atoms with Crippen molar-refractivity contribution in [3.63, 3.8) is 0 Å². The first-order valence-electron chi connectivity index (χ1n) is 7.46. The maximum Gasteiger partial charge on any atom is 0.237 e. The molecule has 21 heavy (non-hydrogen) atoms. The van der Waals surface area contributed by atoms with E-state index in [9.17, 15) is 4.79 Å². The van der Waals surface area contributed by atoms with E-state index in [-0.39, 0.29) is 11.9 Å². The standard InChI is InChI=1S/C16H24ClN3O/c1-11(2)20-10-14(8-15(20)16(21)18-3)19-9-12-5-4-6-13(17)7-12/h4-7,11,14-15,19H,8-10H2,1-3H3,(H,18,21)/t14-,15+/m1/s1. The molecule has 1 aliphatic rings. The second kappa shape index (κ2) is 7.25. The summed E-state index contributed by atoms with van der Waals surface area (Å²) in [5.41, 5.74) is 1.17. The van der Waals surface area contributed by atoms with Gasteiger partial charge in [-0.05, 0) is 38.0 Å². The zero-order valence-electron chi connectivity index (χ0n) is 12.9. The number of halogens is 1. The van der Waals surface area contributed by atoms with E-state index in [1.165, 1.54) is 5.56 Å². The molecule has 1 amide bonds. The minimum Gasteiger partial charge on any atom is -0.358 e. The molecule has 1 aromatic carbocycles. The Labute approximate surface area is 131 Å². The SMILES string of the molecule is CNC(=O)[C@@H]1C[C@@H](NCc2cccc(Cl)c2)CN1C(C)C. The minimum absolute atomic E-state index is 0.0353. The molecule has 0 unspecified atom stereocenters. The van der Waals surface area contributed by atoms with Gasteiger partial charge in [0.15, 0.2) is 0 Å². The lowest BCUT2D eigenvalue weighted by atomic mass is 10.1. The fraction of sp³-hybridized carbons (Fsp3) is 0.562. The fourth-order valence-electron chi connectivity index (χ4n) is 2.91. The highest BCUT2D eigenvalue weighted by Crippen LogP contribution is 2.21. The van der Waals surface area contributed by atoms with Gasteiger partial charge in [0.05, 0.1) is 6.04 Å². The molecule has 0 saturated carbocycles. The van der Waals surface area contributed by atoms with Crippen LogP contribution in [0, 0.1) is 0 Å². The molecule has 0 aliphatic carbocycles. The Kier molecular flexibility index (Phi) is 5.62. The quantitative estimate of drug-likeness (QED) is 0.875. The van der Waals surface area contributed by atoms with Crippen LogP contribution in [0.4, 0.5) is 0 Å². The van der Waals surface area contributed by atoms with Gasteiger partial charge in [-0.1, -0.05) is 23.7 Å². The Bertz CT molecular complexity index is 492. The predicted molar refractivity (Wildman–Crippen MR) is 86.4 cm³/mol. The van der Waals surface area contributed by atoms with Crippen LogP contribution >= 0.6 is 11.6 Å². The van der Waals surface area contributed by atoms with E-state index in [0.29, 0.717) is 12.1 Å². The Morgan fingerprint density at radius 3 is 2.86 bits per heavy atom. The van der Waals surface area contributed by atoms with E-state index in [1.54, 1.807) is 7.05 Å². The number of likely N-dealkylation sites (tertiary alicyclic amines) is 1. The summed E-state index contributed by atoms with van der Waals surface area (Å²) >= 11 is 6.00. The lowest BCUT2D eigenvalue weighted by Gasteiger charge is -2.26. The minimum atomic E-state index is -0.0353. The van der Waals surface area contributed by atoms with Crippen molar-refractivity contribution in [3.8, 4) is 0 Å². The summed E-state index contributed by atoms with van der Waals surface area (Å²) < 4.78 is 0. The smallest absolute Gasteiger partial charge is 0.237 e. The molecular weight excluding hydrogens is 286 g/mol. The first-order chi connectivity index (χ1) is 10.0. The number of hydrogen-bond acceptors (Lipinski definition) is 3. The molecule has 2 atom stereocenters. The van der Waals surface area contributed by atoms with Gasteiger partial charge in [-0.3, -0.25) is 9.69 Å². The topological polar surface area (TPSA) is 44.4 Å². The van der Waals surface area contributed by atoms with Crippen molar-refractivity contribution in [2.45, 2.75) is 44.9 Å². The van der Waals surface area contributed by atoms with Crippen molar-refractivity contribution in [2.24, 2.45) is 0 Å². The van der Waals surface area contributed by atoms with Gasteiger partial charge < -0.3 is 10.6 Å². The van der Waals surface area contributed by atoms with Crippen molar-refractivity contribution in [1.29, 1.82) is 0 Å². The maximum atomic E-state index is 12.0. The van der Waals surface area contributed by atoms with Crippen molar-refractivity contribution < 1.29 is 4.79 Å². The van der Waals surface area contributed by atoms with E-state index < -0.39 is 0 Å². The second-order valence-corrected chi connectivity index (χ2v) is 6.30. The highest BCUT2D eigenvalue weighted by Gasteiger charge is 2.37. The van der Waals surface area contributed by atoms with Gasteiger partial charge in [0.25, 0.3) is 0 Å². The van der Waals surface area contributed by atoms with E-state index in [2.05, 4.69) is 35.4 Å².